The topological polar surface area (TPSA) is 108 Å². The second-order valence-corrected chi connectivity index (χ2v) is 9.36. The van der Waals surface area contributed by atoms with Gasteiger partial charge >= 0.3 is 0 Å². The highest BCUT2D eigenvalue weighted by Gasteiger charge is 2.12. The lowest BCUT2D eigenvalue weighted by molar-refractivity contribution is 0.0152. The van der Waals surface area contributed by atoms with Gasteiger partial charge in [0.1, 0.15) is 0 Å². The predicted octanol–water partition coefficient (Wildman–Crippen LogP) is 4.23. The lowest BCUT2D eigenvalue weighted by atomic mass is 9.98. The van der Waals surface area contributed by atoms with Crippen LogP contribution in [0, 0.1) is 0 Å². The Hall–Kier alpha value is -2.57. The first kappa shape index (κ1) is 29.0. The highest BCUT2D eigenvalue weighted by molar-refractivity contribution is 7.98. The molecule has 0 fully saturated rings. The zero-order valence-corrected chi connectivity index (χ0v) is 23.1. The van der Waals surface area contributed by atoms with Gasteiger partial charge in [-0.25, -0.2) is 19.9 Å². The maximum Gasteiger partial charge on any atom is 0.251 e. The molecule has 2 heterocycles. The van der Waals surface area contributed by atoms with E-state index in [0.717, 1.165) is 35.3 Å². The van der Waals surface area contributed by atoms with E-state index < -0.39 is 0 Å². The van der Waals surface area contributed by atoms with Crippen LogP contribution in [0.4, 0.5) is 0 Å². The number of hydrogen-bond donors (Lipinski definition) is 1. The van der Waals surface area contributed by atoms with Crippen molar-refractivity contribution >= 4 is 29.4 Å². The minimum absolute atomic E-state index is 0.195. The molecule has 0 atom stereocenters. The molecule has 37 heavy (non-hydrogen) atoms. The number of nitrogens with one attached hydrogen (secondary N) is 1. The van der Waals surface area contributed by atoms with Gasteiger partial charge in [-0.2, -0.15) is 0 Å². The minimum Gasteiger partial charge on any atom is -0.379 e. The molecule has 1 N–H and O–H groups in total. The molecule has 3 aromatic rings. The Morgan fingerprint density at radius 2 is 1.16 bits per heavy atom. The molecule has 0 aliphatic heterocycles. The molecule has 0 bridgehead atoms. The maximum atomic E-state index is 13.0. The summed E-state index contributed by atoms with van der Waals surface area (Å²) < 4.78 is 16.4. The van der Waals surface area contributed by atoms with E-state index >= 15 is 0 Å². The SMILES string of the molecule is CCCOCCOCCOCCNC(=O)c1cc(-c2cnc(SC)nc2)cc(-c2cnc(SC)nc2)c1. The van der Waals surface area contributed by atoms with E-state index in [2.05, 4.69) is 32.2 Å². The van der Waals surface area contributed by atoms with Crippen LogP contribution < -0.4 is 5.32 Å². The fraction of sp³-hybridized carbons (Fsp3) is 0.423. The number of thioether (sulfide) groups is 2. The summed E-state index contributed by atoms with van der Waals surface area (Å²) in [5.74, 6) is -0.195. The van der Waals surface area contributed by atoms with Crippen molar-refractivity contribution in [2.75, 3.05) is 58.7 Å². The Bertz CT molecular complexity index is 1040. The van der Waals surface area contributed by atoms with Gasteiger partial charge in [0.25, 0.3) is 5.91 Å². The van der Waals surface area contributed by atoms with E-state index in [0.29, 0.717) is 55.5 Å². The largest absolute Gasteiger partial charge is 0.379 e. The fourth-order valence-electron chi connectivity index (χ4n) is 3.26. The summed E-state index contributed by atoms with van der Waals surface area (Å²) in [6.45, 7) is 5.69. The average Bonchev–Trinajstić information content (AvgIpc) is 2.95. The zero-order chi connectivity index (χ0) is 26.3. The number of carbonyl (C=O) groups is 1. The van der Waals surface area contributed by atoms with E-state index in [-0.39, 0.29) is 5.91 Å². The summed E-state index contributed by atoms with van der Waals surface area (Å²) in [4.78, 5) is 30.5. The fourth-order valence-corrected chi connectivity index (χ4v) is 3.89. The number of rotatable bonds is 16. The van der Waals surface area contributed by atoms with Gasteiger partial charge in [0.2, 0.25) is 0 Å². The predicted molar refractivity (Wildman–Crippen MR) is 147 cm³/mol. The van der Waals surface area contributed by atoms with Crippen LogP contribution >= 0.6 is 23.5 Å². The molecular weight excluding hydrogens is 510 g/mol. The van der Waals surface area contributed by atoms with Crippen molar-refractivity contribution in [1.29, 1.82) is 0 Å². The van der Waals surface area contributed by atoms with Gasteiger partial charge in [-0.1, -0.05) is 30.4 Å². The maximum absolute atomic E-state index is 13.0. The highest BCUT2D eigenvalue weighted by atomic mass is 32.2. The summed E-state index contributed by atoms with van der Waals surface area (Å²) in [5, 5.41) is 4.30. The van der Waals surface area contributed by atoms with Gasteiger partial charge in [-0.05, 0) is 48.3 Å². The summed E-state index contributed by atoms with van der Waals surface area (Å²) >= 11 is 2.95. The number of hydrogen-bond acceptors (Lipinski definition) is 10. The Morgan fingerprint density at radius 3 is 1.62 bits per heavy atom. The van der Waals surface area contributed by atoms with Gasteiger partial charge in [-0.15, -0.1) is 0 Å². The summed E-state index contributed by atoms with van der Waals surface area (Å²) in [7, 11) is 0. The highest BCUT2D eigenvalue weighted by Crippen LogP contribution is 2.28. The third kappa shape index (κ3) is 9.67. The van der Waals surface area contributed by atoms with Crippen LogP contribution in [-0.4, -0.2) is 84.5 Å². The van der Waals surface area contributed by atoms with E-state index in [1.165, 1.54) is 23.5 Å². The van der Waals surface area contributed by atoms with Crippen molar-refractivity contribution in [1.82, 2.24) is 25.3 Å². The Morgan fingerprint density at radius 1 is 0.703 bits per heavy atom. The van der Waals surface area contributed by atoms with E-state index in [4.69, 9.17) is 14.2 Å². The van der Waals surface area contributed by atoms with Crippen molar-refractivity contribution in [3.8, 4) is 22.3 Å². The van der Waals surface area contributed by atoms with Crippen molar-refractivity contribution in [2.45, 2.75) is 23.7 Å². The summed E-state index contributed by atoms with van der Waals surface area (Å²) in [6.07, 6.45) is 11.9. The van der Waals surface area contributed by atoms with Crippen LogP contribution in [0.1, 0.15) is 23.7 Å². The molecule has 1 amide bonds. The number of ether oxygens (including phenoxy) is 3. The molecule has 3 rings (SSSR count). The Labute approximate surface area is 226 Å². The minimum atomic E-state index is -0.195. The summed E-state index contributed by atoms with van der Waals surface area (Å²) in [5.41, 5.74) is 3.82. The summed E-state index contributed by atoms with van der Waals surface area (Å²) in [6, 6.07) is 5.66. The number of aromatic nitrogens is 4. The Balaban J connectivity index is 1.61. The van der Waals surface area contributed by atoms with Gasteiger partial charge in [0.15, 0.2) is 10.3 Å². The lowest BCUT2D eigenvalue weighted by Gasteiger charge is -2.11. The monoisotopic (exact) mass is 543 g/mol. The third-order valence-electron chi connectivity index (χ3n) is 5.11. The molecule has 0 spiro atoms. The van der Waals surface area contributed by atoms with Crippen molar-refractivity contribution in [3.63, 3.8) is 0 Å². The molecule has 0 saturated carbocycles. The number of carbonyl (C=O) groups excluding carboxylic acids is 1. The van der Waals surface area contributed by atoms with Gasteiger partial charge in [0, 0.05) is 54.6 Å². The lowest BCUT2D eigenvalue weighted by Crippen LogP contribution is -2.27. The third-order valence-corrected chi connectivity index (χ3v) is 6.26. The smallest absolute Gasteiger partial charge is 0.251 e. The normalized spacial score (nSPS) is 11.0. The van der Waals surface area contributed by atoms with E-state index in [9.17, 15) is 4.79 Å². The van der Waals surface area contributed by atoms with Crippen LogP contribution in [0.3, 0.4) is 0 Å². The molecule has 198 valence electrons. The van der Waals surface area contributed by atoms with Gasteiger partial charge < -0.3 is 19.5 Å². The van der Waals surface area contributed by atoms with Crippen molar-refractivity contribution < 1.29 is 19.0 Å². The molecule has 11 heteroatoms. The van der Waals surface area contributed by atoms with Gasteiger partial charge in [-0.3, -0.25) is 4.79 Å². The van der Waals surface area contributed by atoms with Crippen LogP contribution in [0.5, 0.6) is 0 Å². The zero-order valence-electron chi connectivity index (χ0n) is 21.4. The second kappa shape index (κ2) is 16.3. The second-order valence-electron chi connectivity index (χ2n) is 7.81. The first-order valence-electron chi connectivity index (χ1n) is 12.0. The number of benzene rings is 1. The van der Waals surface area contributed by atoms with Crippen molar-refractivity contribution in [2.24, 2.45) is 0 Å². The molecule has 9 nitrogen and oxygen atoms in total. The molecule has 0 radical (unpaired) electrons. The first-order valence-corrected chi connectivity index (χ1v) is 14.5. The standard InChI is InChI=1S/C26H33N5O4S2/c1-4-6-33-8-10-35-11-9-34-7-5-27-24(32)21-13-19(22-15-28-25(36-2)29-16-22)12-20(14-21)23-17-30-26(37-3)31-18-23/h12-18H,4-11H2,1-3H3,(H,27,32). The van der Waals surface area contributed by atoms with Crippen molar-refractivity contribution in [3.05, 3.63) is 48.5 Å². The molecule has 1 aromatic carbocycles. The Kier molecular flexibility index (Phi) is 12.8. The quantitative estimate of drug-likeness (QED) is 0.160. The molecule has 0 aliphatic carbocycles. The van der Waals surface area contributed by atoms with Crippen LogP contribution in [-0.2, 0) is 14.2 Å². The van der Waals surface area contributed by atoms with Crippen LogP contribution in [0.25, 0.3) is 22.3 Å². The van der Waals surface area contributed by atoms with E-state index in [1.807, 2.05) is 30.7 Å². The molecular formula is C26H33N5O4S2. The van der Waals surface area contributed by atoms with Crippen LogP contribution in [0.15, 0.2) is 53.3 Å². The average molecular weight is 544 g/mol. The number of nitrogens with zero attached hydrogens (tertiary/aromatic N) is 4. The molecule has 0 aliphatic rings. The van der Waals surface area contributed by atoms with E-state index in [1.54, 1.807) is 24.8 Å². The molecule has 2 aromatic heterocycles. The number of amides is 1. The molecule has 0 saturated heterocycles. The first-order chi connectivity index (χ1) is 18.1. The molecule has 0 unspecified atom stereocenters. The van der Waals surface area contributed by atoms with Gasteiger partial charge in [0.05, 0.1) is 33.0 Å². The van der Waals surface area contributed by atoms with Crippen LogP contribution in [0.2, 0.25) is 0 Å².